The van der Waals surface area contributed by atoms with Gasteiger partial charge in [-0.05, 0) is 31.2 Å². The average Bonchev–Trinajstić information content (AvgIpc) is 2.38. The summed E-state index contributed by atoms with van der Waals surface area (Å²) in [4.78, 5) is 20.1. The third-order valence-electron chi connectivity index (χ3n) is 2.41. The molecule has 0 unspecified atom stereocenters. The quantitative estimate of drug-likeness (QED) is 0.868. The number of rotatable bonds is 3. The maximum atomic E-state index is 11.9. The number of aromatic nitrogens is 2. The minimum Gasteiger partial charge on any atom is -0.346 e. The molecule has 0 atom stereocenters. The fourth-order valence-corrected chi connectivity index (χ4v) is 1.49. The Hall–Kier alpha value is -2.23. The van der Waals surface area contributed by atoms with Crippen molar-refractivity contribution in [1.29, 1.82) is 0 Å². The Bertz CT molecular complexity index is 511. The van der Waals surface area contributed by atoms with E-state index in [1.165, 1.54) is 0 Å². The SMILES string of the molecule is Cc1ncccc1C(=O)NCc1ccccn1. The first-order chi connectivity index (χ1) is 8.27. The highest BCUT2D eigenvalue weighted by Gasteiger charge is 2.08. The van der Waals surface area contributed by atoms with Gasteiger partial charge in [0.05, 0.1) is 17.8 Å². The molecule has 1 N–H and O–H groups in total. The third-order valence-corrected chi connectivity index (χ3v) is 2.41. The number of nitrogens with one attached hydrogen (secondary N) is 1. The summed E-state index contributed by atoms with van der Waals surface area (Å²) in [6.45, 7) is 2.24. The second kappa shape index (κ2) is 5.21. The summed E-state index contributed by atoms with van der Waals surface area (Å²) < 4.78 is 0. The van der Waals surface area contributed by atoms with Crippen LogP contribution in [-0.2, 0) is 6.54 Å². The van der Waals surface area contributed by atoms with Crippen molar-refractivity contribution < 1.29 is 4.79 Å². The molecule has 86 valence electrons. The largest absolute Gasteiger partial charge is 0.346 e. The van der Waals surface area contributed by atoms with Crippen LogP contribution in [0.25, 0.3) is 0 Å². The number of carbonyl (C=O) groups is 1. The zero-order valence-corrected chi connectivity index (χ0v) is 9.55. The molecule has 0 aliphatic carbocycles. The summed E-state index contributed by atoms with van der Waals surface area (Å²) in [5, 5.41) is 2.81. The lowest BCUT2D eigenvalue weighted by molar-refractivity contribution is 0.0949. The molecule has 0 fully saturated rings. The van der Waals surface area contributed by atoms with Crippen LogP contribution in [0.4, 0.5) is 0 Å². The second-order valence-electron chi connectivity index (χ2n) is 3.64. The first-order valence-corrected chi connectivity index (χ1v) is 5.37. The van der Waals surface area contributed by atoms with E-state index >= 15 is 0 Å². The van der Waals surface area contributed by atoms with Crippen LogP contribution in [0, 0.1) is 6.92 Å². The molecule has 0 bridgehead atoms. The van der Waals surface area contributed by atoms with E-state index in [2.05, 4.69) is 15.3 Å². The van der Waals surface area contributed by atoms with Gasteiger partial charge in [-0.1, -0.05) is 6.07 Å². The highest BCUT2D eigenvalue weighted by Crippen LogP contribution is 2.03. The predicted molar refractivity (Wildman–Crippen MR) is 64.4 cm³/mol. The van der Waals surface area contributed by atoms with Crippen molar-refractivity contribution >= 4 is 5.91 Å². The van der Waals surface area contributed by atoms with Crippen LogP contribution in [0.1, 0.15) is 21.7 Å². The van der Waals surface area contributed by atoms with Crippen LogP contribution in [0.5, 0.6) is 0 Å². The first-order valence-electron chi connectivity index (χ1n) is 5.37. The summed E-state index contributed by atoms with van der Waals surface area (Å²) in [7, 11) is 0. The van der Waals surface area contributed by atoms with Gasteiger partial charge in [0, 0.05) is 18.1 Å². The van der Waals surface area contributed by atoms with E-state index in [1.54, 1.807) is 24.5 Å². The van der Waals surface area contributed by atoms with Crippen molar-refractivity contribution in [3.63, 3.8) is 0 Å². The average molecular weight is 227 g/mol. The molecule has 0 radical (unpaired) electrons. The molecule has 4 nitrogen and oxygen atoms in total. The molecule has 0 aliphatic heterocycles. The molecule has 2 heterocycles. The van der Waals surface area contributed by atoms with Crippen LogP contribution in [0.3, 0.4) is 0 Å². The number of nitrogens with zero attached hydrogens (tertiary/aromatic N) is 2. The lowest BCUT2D eigenvalue weighted by Crippen LogP contribution is -2.24. The van der Waals surface area contributed by atoms with Crippen molar-refractivity contribution in [3.8, 4) is 0 Å². The smallest absolute Gasteiger partial charge is 0.253 e. The zero-order chi connectivity index (χ0) is 12.1. The van der Waals surface area contributed by atoms with E-state index in [4.69, 9.17) is 0 Å². The molecule has 2 rings (SSSR count). The van der Waals surface area contributed by atoms with Gasteiger partial charge in [-0.2, -0.15) is 0 Å². The predicted octanol–water partition coefficient (Wildman–Crippen LogP) is 1.72. The van der Waals surface area contributed by atoms with Crippen LogP contribution in [0.15, 0.2) is 42.7 Å². The Morgan fingerprint density at radius 3 is 2.71 bits per heavy atom. The van der Waals surface area contributed by atoms with Crippen molar-refractivity contribution in [2.45, 2.75) is 13.5 Å². The summed E-state index contributed by atoms with van der Waals surface area (Å²) in [5.41, 5.74) is 2.16. The fourth-order valence-electron chi connectivity index (χ4n) is 1.49. The number of aryl methyl sites for hydroxylation is 1. The molecule has 0 aromatic carbocycles. The van der Waals surface area contributed by atoms with Gasteiger partial charge in [-0.3, -0.25) is 14.8 Å². The molecule has 0 saturated carbocycles. The minimum atomic E-state index is -0.124. The number of hydrogen-bond donors (Lipinski definition) is 1. The number of carbonyl (C=O) groups excluding carboxylic acids is 1. The summed E-state index contributed by atoms with van der Waals surface area (Å²) >= 11 is 0. The standard InChI is InChI=1S/C13H13N3O/c1-10-12(6-4-8-14-10)13(17)16-9-11-5-2-3-7-15-11/h2-8H,9H2,1H3,(H,16,17). The van der Waals surface area contributed by atoms with Crippen LogP contribution in [-0.4, -0.2) is 15.9 Å². The molecular weight excluding hydrogens is 214 g/mol. The highest BCUT2D eigenvalue weighted by molar-refractivity contribution is 5.95. The lowest BCUT2D eigenvalue weighted by Gasteiger charge is -2.06. The normalized spacial score (nSPS) is 9.94. The van der Waals surface area contributed by atoms with E-state index in [-0.39, 0.29) is 5.91 Å². The number of pyridine rings is 2. The van der Waals surface area contributed by atoms with E-state index in [9.17, 15) is 4.79 Å². The van der Waals surface area contributed by atoms with Gasteiger partial charge in [0.1, 0.15) is 0 Å². The van der Waals surface area contributed by atoms with Crippen LogP contribution >= 0.6 is 0 Å². The zero-order valence-electron chi connectivity index (χ0n) is 9.55. The number of hydrogen-bond acceptors (Lipinski definition) is 3. The second-order valence-corrected chi connectivity index (χ2v) is 3.64. The molecule has 0 spiro atoms. The van der Waals surface area contributed by atoms with Gasteiger partial charge < -0.3 is 5.32 Å². The Morgan fingerprint density at radius 1 is 1.18 bits per heavy atom. The van der Waals surface area contributed by atoms with E-state index in [0.717, 1.165) is 11.4 Å². The molecule has 1 amide bonds. The maximum absolute atomic E-state index is 11.9. The molecule has 0 saturated heterocycles. The Morgan fingerprint density at radius 2 is 2.00 bits per heavy atom. The van der Waals surface area contributed by atoms with Crippen molar-refractivity contribution in [3.05, 3.63) is 59.7 Å². The summed E-state index contributed by atoms with van der Waals surface area (Å²) in [5.74, 6) is -0.124. The van der Waals surface area contributed by atoms with Gasteiger partial charge in [-0.15, -0.1) is 0 Å². The van der Waals surface area contributed by atoms with Gasteiger partial charge in [-0.25, -0.2) is 0 Å². The van der Waals surface area contributed by atoms with Crippen molar-refractivity contribution in [2.24, 2.45) is 0 Å². The monoisotopic (exact) mass is 227 g/mol. The molecule has 0 aliphatic rings. The van der Waals surface area contributed by atoms with Crippen LogP contribution in [0.2, 0.25) is 0 Å². The summed E-state index contributed by atoms with van der Waals surface area (Å²) in [6, 6.07) is 9.12. The van der Waals surface area contributed by atoms with E-state index < -0.39 is 0 Å². The Kier molecular flexibility index (Phi) is 3.45. The van der Waals surface area contributed by atoms with Gasteiger partial charge in [0.2, 0.25) is 0 Å². The molecule has 2 aromatic rings. The van der Waals surface area contributed by atoms with Crippen LogP contribution < -0.4 is 5.32 Å². The van der Waals surface area contributed by atoms with Gasteiger partial charge >= 0.3 is 0 Å². The van der Waals surface area contributed by atoms with E-state index in [0.29, 0.717) is 12.1 Å². The maximum Gasteiger partial charge on any atom is 0.253 e. The molecule has 4 heteroatoms. The van der Waals surface area contributed by atoms with Crippen molar-refractivity contribution in [1.82, 2.24) is 15.3 Å². The highest BCUT2D eigenvalue weighted by atomic mass is 16.1. The molecular formula is C13H13N3O. The van der Waals surface area contributed by atoms with E-state index in [1.807, 2.05) is 25.1 Å². The van der Waals surface area contributed by atoms with Gasteiger partial charge in [0.15, 0.2) is 0 Å². The molecule has 17 heavy (non-hydrogen) atoms. The number of amides is 1. The van der Waals surface area contributed by atoms with Crippen molar-refractivity contribution in [2.75, 3.05) is 0 Å². The fraction of sp³-hybridized carbons (Fsp3) is 0.154. The third kappa shape index (κ3) is 2.87. The lowest BCUT2D eigenvalue weighted by atomic mass is 10.2. The van der Waals surface area contributed by atoms with Gasteiger partial charge in [0.25, 0.3) is 5.91 Å². The first kappa shape index (κ1) is 11.3. The Balaban J connectivity index is 2.01. The topological polar surface area (TPSA) is 54.9 Å². The molecule has 2 aromatic heterocycles. The Labute approximate surface area is 99.7 Å². The minimum absolute atomic E-state index is 0.124. The summed E-state index contributed by atoms with van der Waals surface area (Å²) in [6.07, 6.45) is 3.38.